The number of fused-ring (bicyclic) bond motifs is 1. The lowest BCUT2D eigenvalue weighted by Gasteiger charge is -2.27. The summed E-state index contributed by atoms with van der Waals surface area (Å²) in [5.74, 6) is 1.28. The summed E-state index contributed by atoms with van der Waals surface area (Å²) in [5, 5.41) is 5.98. The van der Waals surface area contributed by atoms with E-state index in [1.807, 2.05) is 43.3 Å². The van der Waals surface area contributed by atoms with Crippen LogP contribution in [0, 0.1) is 18.8 Å². The molecule has 1 aliphatic carbocycles. The number of carbonyl (C=O) groups excluding carboxylic acids is 2. The predicted octanol–water partition coefficient (Wildman–Crippen LogP) is 4.15. The highest BCUT2D eigenvalue weighted by molar-refractivity contribution is 5.94. The molecule has 152 valence electrons. The quantitative estimate of drug-likeness (QED) is 0.817. The Balaban J connectivity index is 1.29. The summed E-state index contributed by atoms with van der Waals surface area (Å²) in [6.07, 6.45) is 2.86. The lowest BCUT2D eigenvalue weighted by atomic mass is 9.81. The fourth-order valence-electron chi connectivity index (χ4n) is 3.95. The number of amides is 2. The Kier molecular flexibility index (Phi) is 5.69. The monoisotopic (exact) mass is 394 g/mol. The molecule has 2 aromatic rings. The number of nitrogens with one attached hydrogen (secondary N) is 2. The third kappa shape index (κ3) is 4.70. The Morgan fingerprint density at radius 2 is 1.38 bits per heavy atom. The second kappa shape index (κ2) is 8.55. The van der Waals surface area contributed by atoms with Crippen molar-refractivity contribution in [2.45, 2.75) is 32.6 Å². The SMILES string of the molecule is Cc1cccc(NC(=O)C2CCC(C(=O)Nc3ccc4c(c3)OCCO4)CC2)c1. The van der Waals surface area contributed by atoms with E-state index in [-0.39, 0.29) is 23.7 Å². The van der Waals surface area contributed by atoms with E-state index in [2.05, 4.69) is 10.6 Å². The van der Waals surface area contributed by atoms with Crippen molar-refractivity contribution in [1.82, 2.24) is 0 Å². The number of aryl methyl sites for hydroxylation is 1. The van der Waals surface area contributed by atoms with Crippen molar-refractivity contribution < 1.29 is 19.1 Å². The first kappa shape index (κ1) is 19.3. The van der Waals surface area contributed by atoms with Gasteiger partial charge in [-0.3, -0.25) is 9.59 Å². The van der Waals surface area contributed by atoms with Crippen molar-refractivity contribution in [2.24, 2.45) is 11.8 Å². The first-order valence-electron chi connectivity index (χ1n) is 10.2. The Hall–Kier alpha value is -3.02. The zero-order valence-corrected chi connectivity index (χ0v) is 16.6. The van der Waals surface area contributed by atoms with Gasteiger partial charge < -0.3 is 20.1 Å². The maximum atomic E-state index is 12.7. The van der Waals surface area contributed by atoms with Crippen molar-refractivity contribution in [3.63, 3.8) is 0 Å². The fourth-order valence-corrected chi connectivity index (χ4v) is 3.95. The van der Waals surface area contributed by atoms with Crippen LogP contribution in [0.5, 0.6) is 11.5 Å². The Labute approximate surface area is 170 Å². The molecule has 0 aromatic heterocycles. The average Bonchev–Trinajstić information content (AvgIpc) is 2.74. The minimum Gasteiger partial charge on any atom is -0.486 e. The van der Waals surface area contributed by atoms with Crippen molar-refractivity contribution >= 4 is 23.2 Å². The molecule has 0 radical (unpaired) electrons. The van der Waals surface area contributed by atoms with Gasteiger partial charge in [0.05, 0.1) is 0 Å². The van der Waals surface area contributed by atoms with Crippen LogP contribution in [0.4, 0.5) is 11.4 Å². The molecule has 29 heavy (non-hydrogen) atoms. The van der Waals surface area contributed by atoms with E-state index in [0.717, 1.165) is 24.1 Å². The third-order valence-electron chi connectivity index (χ3n) is 5.56. The molecule has 0 saturated heterocycles. The van der Waals surface area contributed by atoms with Gasteiger partial charge in [0.1, 0.15) is 13.2 Å². The number of hydrogen-bond donors (Lipinski definition) is 2. The Morgan fingerprint density at radius 3 is 2.00 bits per heavy atom. The normalized spacial score (nSPS) is 20.6. The average molecular weight is 394 g/mol. The molecule has 2 aliphatic rings. The highest BCUT2D eigenvalue weighted by Gasteiger charge is 2.30. The highest BCUT2D eigenvalue weighted by Crippen LogP contribution is 2.34. The number of anilines is 2. The summed E-state index contributed by atoms with van der Waals surface area (Å²) < 4.78 is 11.1. The molecule has 2 N–H and O–H groups in total. The van der Waals surface area contributed by atoms with Gasteiger partial charge in [0.15, 0.2) is 11.5 Å². The molecular weight excluding hydrogens is 368 g/mol. The number of hydrogen-bond acceptors (Lipinski definition) is 4. The number of benzene rings is 2. The van der Waals surface area contributed by atoms with Crippen molar-refractivity contribution in [1.29, 1.82) is 0 Å². The van der Waals surface area contributed by atoms with Crippen LogP contribution in [0.3, 0.4) is 0 Å². The molecule has 2 amide bonds. The van der Waals surface area contributed by atoms with E-state index in [9.17, 15) is 9.59 Å². The second-order valence-corrected chi connectivity index (χ2v) is 7.75. The number of carbonyl (C=O) groups is 2. The van der Waals surface area contributed by atoms with E-state index >= 15 is 0 Å². The molecule has 6 nitrogen and oxygen atoms in total. The van der Waals surface area contributed by atoms with E-state index in [1.165, 1.54) is 0 Å². The molecule has 2 aromatic carbocycles. The van der Waals surface area contributed by atoms with Crippen LogP contribution >= 0.6 is 0 Å². The van der Waals surface area contributed by atoms with Gasteiger partial charge in [-0.2, -0.15) is 0 Å². The van der Waals surface area contributed by atoms with Crippen LogP contribution in [0.25, 0.3) is 0 Å². The van der Waals surface area contributed by atoms with Gasteiger partial charge in [0, 0.05) is 29.3 Å². The van der Waals surface area contributed by atoms with E-state index < -0.39 is 0 Å². The van der Waals surface area contributed by atoms with Crippen LogP contribution in [0.1, 0.15) is 31.2 Å². The van der Waals surface area contributed by atoms with Crippen LogP contribution in [0.15, 0.2) is 42.5 Å². The van der Waals surface area contributed by atoms with Crippen molar-refractivity contribution in [3.05, 3.63) is 48.0 Å². The summed E-state index contributed by atoms with van der Waals surface area (Å²) in [7, 11) is 0. The largest absolute Gasteiger partial charge is 0.486 e. The lowest BCUT2D eigenvalue weighted by molar-refractivity contribution is -0.125. The molecule has 0 bridgehead atoms. The summed E-state index contributed by atoms with van der Waals surface area (Å²) in [6.45, 7) is 3.06. The Morgan fingerprint density at radius 1 is 0.793 bits per heavy atom. The molecule has 4 rings (SSSR count). The number of ether oxygens (including phenoxy) is 2. The predicted molar refractivity (Wildman–Crippen MR) is 111 cm³/mol. The molecular formula is C23H26N2O4. The van der Waals surface area contributed by atoms with Crippen molar-refractivity contribution in [3.8, 4) is 11.5 Å². The second-order valence-electron chi connectivity index (χ2n) is 7.75. The smallest absolute Gasteiger partial charge is 0.227 e. The zero-order valence-electron chi connectivity index (χ0n) is 16.6. The lowest BCUT2D eigenvalue weighted by Crippen LogP contribution is -2.32. The first-order chi connectivity index (χ1) is 14.1. The van der Waals surface area contributed by atoms with Gasteiger partial charge in [-0.25, -0.2) is 0 Å². The summed E-state index contributed by atoms with van der Waals surface area (Å²) >= 11 is 0. The van der Waals surface area contributed by atoms with E-state index in [1.54, 1.807) is 6.07 Å². The van der Waals surface area contributed by atoms with Gasteiger partial charge in [0.2, 0.25) is 11.8 Å². The summed E-state index contributed by atoms with van der Waals surface area (Å²) in [6, 6.07) is 13.2. The maximum Gasteiger partial charge on any atom is 0.227 e. The molecule has 1 aliphatic heterocycles. The van der Waals surface area contributed by atoms with Crippen LogP contribution in [0.2, 0.25) is 0 Å². The van der Waals surface area contributed by atoms with Gasteiger partial charge in [-0.15, -0.1) is 0 Å². The first-order valence-corrected chi connectivity index (χ1v) is 10.2. The van der Waals surface area contributed by atoms with E-state index in [4.69, 9.17) is 9.47 Å². The number of rotatable bonds is 4. The molecule has 0 unspecified atom stereocenters. The Bertz CT molecular complexity index is 904. The van der Waals surface area contributed by atoms with Gasteiger partial charge in [0.25, 0.3) is 0 Å². The standard InChI is InChI=1S/C23H26N2O4/c1-15-3-2-4-18(13-15)24-22(26)16-5-7-17(8-6-16)23(27)25-19-9-10-20-21(14-19)29-12-11-28-20/h2-4,9-10,13-14,16-17H,5-8,11-12H2,1H3,(H,24,26)(H,25,27). The summed E-state index contributed by atoms with van der Waals surface area (Å²) in [5.41, 5.74) is 2.65. The zero-order chi connectivity index (χ0) is 20.2. The van der Waals surface area contributed by atoms with Crippen LogP contribution < -0.4 is 20.1 Å². The van der Waals surface area contributed by atoms with Gasteiger partial charge >= 0.3 is 0 Å². The highest BCUT2D eigenvalue weighted by atomic mass is 16.6. The third-order valence-corrected chi connectivity index (χ3v) is 5.56. The van der Waals surface area contributed by atoms with Gasteiger partial charge in [-0.05, 0) is 62.4 Å². The molecule has 6 heteroatoms. The minimum absolute atomic E-state index is 0.000722. The molecule has 0 spiro atoms. The van der Waals surface area contributed by atoms with E-state index in [0.29, 0.717) is 43.2 Å². The topological polar surface area (TPSA) is 76.7 Å². The minimum atomic E-state index is -0.0776. The van der Waals surface area contributed by atoms with Crippen LogP contribution in [-0.4, -0.2) is 25.0 Å². The fraction of sp³-hybridized carbons (Fsp3) is 0.391. The molecule has 1 fully saturated rings. The molecule has 1 heterocycles. The van der Waals surface area contributed by atoms with Crippen LogP contribution in [-0.2, 0) is 9.59 Å². The summed E-state index contributed by atoms with van der Waals surface area (Å²) in [4.78, 5) is 25.2. The van der Waals surface area contributed by atoms with Gasteiger partial charge in [-0.1, -0.05) is 12.1 Å². The molecule has 0 atom stereocenters. The molecule has 1 saturated carbocycles. The maximum absolute atomic E-state index is 12.7. The van der Waals surface area contributed by atoms with Crippen molar-refractivity contribution in [2.75, 3.05) is 23.8 Å².